The highest BCUT2D eigenvalue weighted by Gasteiger charge is 2.16. The third kappa shape index (κ3) is 5.53. The van der Waals surface area contributed by atoms with Gasteiger partial charge in [0.2, 0.25) is 0 Å². The largest absolute Gasteiger partial charge is 0.352 e. The number of hydrogen-bond acceptors (Lipinski definition) is 3. The van der Waals surface area contributed by atoms with Gasteiger partial charge in [0.1, 0.15) is 0 Å². The summed E-state index contributed by atoms with van der Waals surface area (Å²) in [5.74, 6) is -0.0464. The summed E-state index contributed by atoms with van der Waals surface area (Å²) in [6, 6.07) is 13.9. The van der Waals surface area contributed by atoms with E-state index in [1.807, 2.05) is 48.9 Å². The highest BCUT2D eigenvalue weighted by Crippen LogP contribution is 2.28. The smallest absolute Gasteiger partial charge is 0.251 e. The molecule has 2 heterocycles. The minimum absolute atomic E-state index is 0.00948. The molecule has 0 aliphatic rings. The number of hydrogen-bond donors (Lipinski definition) is 1. The van der Waals surface area contributed by atoms with E-state index in [4.69, 9.17) is 0 Å². The zero-order valence-corrected chi connectivity index (χ0v) is 18.8. The van der Waals surface area contributed by atoms with Crippen LogP contribution in [-0.4, -0.2) is 22.4 Å². The maximum atomic E-state index is 12.4. The summed E-state index contributed by atoms with van der Waals surface area (Å²) in [4.78, 5) is 21.3. The van der Waals surface area contributed by atoms with Gasteiger partial charge in [0.25, 0.3) is 5.91 Å². The SMILES string of the molecule is CC(C)(C)CNC(=O)c1ccc(-c2cncc(-c3ccnc(C(C)(C)C)c3)c2)cc1. The molecule has 0 radical (unpaired) electrons. The summed E-state index contributed by atoms with van der Waals surface area (Å²) in [5.41, 5.74) is 5.96. The fourth-order valence-corrected chi connectivity index (χ4v) is 3.04. The molecule has 0 atom stereocenters. The number of carbonyl (C=O) groups excluding carboxylic acids is 1. The Labute approximate surface area is 179 Å². The molecule has 3 aromatic rings. The predicted octanol–water partition coefficient (Wildman–Crippen LogP) is 5.88. The average Bonchev–Trinajstić information content (AvgIpc) is 2.71. The van der Waals surface area contributed by atoms with E-state index in [0.717, 1.165) is 27.9 Å². The first-order valence-corrected chi connectivity index (χ1v) is 10.3. The summed E-state index contributed by atoms with van der Waals surface area (Å²) < 4.78 is 0. The molecule has 0 unspecified atom stereocenters. The van der Waals surface area contributed by atoms with E-state index in [0.29, 0.717) is 12.1 Å². The highest BCUT2D eigenvalue weighted by atomic mass is 16.1. The number of rotatable bonds is 4. The van der Waals surface area contributed by atoms with Crippen LogP contribution < -0.4 is 5.32 Å². The third-order valence-electron chi connectivity index (χ3n) is 4.86. The number of benzene rings is 1. The van der Waals surface area contributed by atoms with Crippen molar-refractivity contribution >= 4 is 5.91 Å². The van der Waals surface area contributed by atoms with E-state index >= 15 is 0 Å². The molecule has 1 N–H and O–H groups in total. The topological polar surface area (TPSA) is 54.9 Å². The second-order valence-corrected chi connectivity index (χ2v) is 9.96. The molecule has 0 saturated carbocycles. The van der Waals surface area contributed by atoms with E-state index in [1.54, 1.807) is 0 Å². The van der Waals surface area contributed by atoms with Gasteiger partial charge in [-0.05, 0) is 46.9 Å². The Morgan fingerprint density at radius 3 is 2.07 bits per heavy atom. The van der Waals surface area contributed by atoms with Crippen molar-refractivity contribution in [3.05, 3.63) is 72.3 Å². The molecule has 0 aliphatic heterocycles. The van der Waals surface area contributed by atoms with Gasteiger partial charge < -0.3 is 5.32 Å². The van der Waals surface area contributed by atoms with Crippen LogP contribution in [0.1, 0.15) is 57.6 Å². The van der Waals surface area contributed by atoms with Gasteiger partial charge in [-0.15, -0.1) is 0 Å². The molecule has 4 heteroatoms. The summed E-state index contributed by atoms with van der Waals surface area (Å²) in [5, 5.41) is 2.99. The number of nitrogens with one attached hydrogen (secondary N) is 1. The molecule has 3 rings (SSSR count). The van der Waals surface area contributed by atoms with Crippen molar-refractivity contribution in [2.45, 2.75) is 47.0 Å². The zero-order valence-electron chi connectivity index (χ0n) is 18.8. The van der Waals surface area contributed by atoms with Gasteiger partial charge in [-0.25, -0.2) is 0 Å². The third-order valence-corrected chi connectivity index (χ3v) is 4.86. The number of nitrogens with zero attached hydrogens (tertiary/aromatic N) is 2. The van der Waals surface area contributed by atoms with Gasteiger partial charge in [0.05, 0.1) is 0 Å². The second-order valence-electron chi connectivity index (χ2n) is 9.96. The number of amides is 1. The molecule has 0 spiro atoms. The Balaban J connectivity index is 1.82. The average molecular weight is 402 g/mol. The first kappa shape index (κ1) is 21.7. The summed E-state index contributed by atoms with van der Waals surface area (Å²) in [6.45, 7) is 13.4. The van der Waals surface area contributed by atoms with Crippen molar-refractivity contribution in [2.75, 3.05) is 6.54 Å². The lowest BCUT2D eigenvalue weighted by Gasteiger charge is -2.18. The molecule has 0 saturated heterocycles. The van der Waals surface area contributed by atoms with Gasteiger partial charge in [0, 0.05) is 52.9 Å². The lowest BCUT2D eigenvalue weighted by Crippen LogP contribution is -2.32. The first-order chi connectivity index (χ1) is 14.0. The molecule has 0 bridgehead atoms. The molecule has 1 amide bonds. The van der Waals surface area contributed by atoms with Crippen LogP contribution in [-0.2, 0) is 5.41 Å². The van der Waals surface area contributed by atoms with Crippen LogP contribution in [0, 0.1) is 5.41 Å². The standard InChI is InChI=1S/C26H31N3O/c1-25(2,3)17-29-24(30)19-9-7-18(8-10-19)21-13-22(16-27-15-21)20-11-12-28-23(14-20)26(4,5)6/h7-16H,17H2,1-6H3,(H,29,30). The predicted molar refractivity (Wildman–Crippen MR) is 123 cm³/mol. The summed E-state index contributed by atoms with van der Waals surface area (Å²) in [7, 11) is 0. The van der Waals surface area contributed by atoms with E-state index in [-0.39, 0.29) is 16.7 Å². The molecule has 2 aromatic heterocycles. The lowest BCUT2D eigenvalue weighted by molar-refractivity contribution is 0.0939. The van der Waals surface area contributed by atoms with Crippen LogP contribution in [0.3, 0.4) is 0 Å². The maximum Gasteiger partial charge on any atom is 0.251 e. The minimum Gasteiger partial charge on any atom is -0.352 e. The van der Waals surface area contributed by atoms with Crippen molar-refractivity contribution in [3.8, 4) is 22.3 Å². The van der Waals surface area contributed by atoms with Crippen LogP contribution in [0.15, 0.2) is 61.1 Å². The van der Waals surface area contributed by atoms with Crippen molar-refractivity contribution < 1.29 is 4.79 Å². The van der Waals surface area contributed by atoms with Gasteiger partial charge in [-0.3, -0.25) is 14.8 Å². The first-order valence-electron chi connectivity index (χ1n) is 10.3. The Hall–Kier alpha value is -3.01. The molecule has 0 aliphatic carbocycles. The van der Waals surface area contributed by atoms with E-state index in [2.05, 4.69) is 69.0 Å². The van der Waals surface area contributed by atoms with Gasteiger partial charge in [-0.2, -0.15) is 0 Å². The summed E-state index contributed by atoms with van der Waals surface area (Å²) in [6.07, 6.45) is 5.58. The van der Waals surface area contributed by atoms with Crippen LogP contribution in [0.2, 0.25) is 0 Å². The highest BCUT2D eigenvalue weighted by molar-refractivity contribution is 5.94. The minimum atomic E-state index is -0.0464. The van der Waals surface area contributed by atoms with Gasteiger partial charge >= 0.3 is 0 Å². The molecule has 4 nitrogen and oxygen atoms in total. The second kappa shape index (κ2) is 8.39. The number of pyridine rings is 2. The van der Waals surface area contributed by atoms with Crippen LogP contribution in [0.4, 0.5) is 0 Å². The molecule has 30 heavy (non-hydrogen) atoms. The fourth-order valence-electron chi connectivity index (χ4n) is 3.04. The molecule has 156 valence electrons. The maximum absolute atomic E-state index is 12.4. The Kier molecular flexibility index (Phi) is 6.06. The monoisotopic (exact) mass is 401 g/mol. The molecule has 1 aromatic carbocycles. The van der Waals surface area contributed by atoms with Gasteiger partial charge in [0.15, 0.2) is 0 Å². The van der Waals surface area contributed by atoms with E-state index in [1.165, 1.54) is 0 Å². The number of carbonyl (C=O) groups is 1. The van der Waals surface area contributed by atoms with Gasteiger partial charge in [-0.1, -0.05) is 53.7 Å². The van der Waals surface area contributed by atoms with Crippen LogP contribution >= 0.6 is 0 Å². The fraction of sp³-hybridized carbons (Fsp3) is 0.346. The molecular formula is C26H31N3O. The molecular weight excluding hydrogens is 370 g/mol. The Morgan fingerprint density at radius 2 is 1.47 bits per heavy atom. The lowest BCUT2D eigenvalue weighted by atomic mass is 9.90. The van der Waals surface area contributed by atoms with Crippen molar-refractivity contribution in [3.63, 3.8) is 0 Å². The van der Waals surface area contributed by atoms with Crippen molar-refractivity contribution in [1.82, 2.24) is 15.3 Å². The molecule has 0 fully saturated rings. The number of aromatic nitrogens is 2. The zero-order chi connectivity index (χ0) is 21.9. The Bertz CT molecular complexity index is 1030. The van der Waals surface area contributed by atoms with E-state index < -0.39 is 0 Å². The van der Waals surface area contributed by atoms with Crippen molar-refractivity contribution in [2.24, 2.45) is 5.41 Å². The normalized spacial score (nSPS) is 11.9. The summed E-state index contributed by atoms with van der Waals surface area (Å²) >= 11 is 0. The van der Waals surface area contributed by atoms with Crippen LogP contribution in [0.5, 0.6) is 0 Å². The quantitative estimate of drug-likeness (QED) is 0.593. The van der Waals surface area contributed by atoms with Crippen LogP contribution in [0.25, 0.3) is 22.3 Å². The van der Waals surface area contributed by atoms with Crippen molar-refractivity contribution in [1.29, 1.82) is 0 Å². The Morgan fingerprint density at radius 1 is 0.833 bits per heavy atom. The van der Waals surface area contributed by atoms with E-state index in [9.17, 15) is 4.79 Å².